The summed E-state index contributed by atoms with van der Waals surface area (Å²) in [7, 11) is 0. The first-order chi connectivity index (χ1) is 21.4. The summed E-state index contributed by atoms with van der Waals surface area (Å²) in [6.07, 6.45) is 5.06. The molecule has 0 saturated carbocycles. The van der Waals surface area contributed by atoms with Crippen LogP contribution < -0.4 is 15.6 Å². The molecule has 0 radical (unpaired) electrons. The molecule has 4 heterocycles. The highest BCUT2D eigenvalue weighted by molar-refractivity contribution is 5.75. The van der Waals surface area contributed by atoms with Crippen molar-refractivity contribution in [2.24, 2.45) is 0 Å². The van der Waals surface area contributed by atoms with Gasteiger partial charge in [0.05, 0.1) is 12.6 Å². The van der Waals surface area contributed by atoms with E-state index in [1.54, 1.807) is 39.9 Å². The zero-order valence-corrected chi connectivity index (χ0v) is 25.7. The molecule has 1 atom stereocenters. The van der Waals surface area contributed by atoms with E-state index in [-0.39, 0.29) is 23.7 Å². The highest BCUT2D eigenvalue weighted by atomic mass is 16.6. The number of pyridine rings is 2. The topological polar surface area (TPSA) is 115 Å². The van der Waals surface area contributed by atoms with Crippen LogP contribution in [-0.4, -0.2) is 81.3 Å². The molecule has 1 aromatic carbocycles. The Bertz CT molecular complexity index is 1570. The maximum atomic E-state index is 12.4. The number of nitrogens with one attached hydrogen (secondary N) is 1. The van der Waals surface area contributed by atoms with Crippen LogP contribution in [0, 0.1) is 0 Å². The number of hydrogen-bond donors (Lipinski definition) is 1. The van der Waals surface area contributed by atoms with Crippen LogP contribution in [0.4, 0.5) is 10.7 Å². The number of anilines is 1. The van der Waals surface area contributed by atoms with Crippen LogP contribution in [0.1, 0.15) is 50.5 Å². The van der Waals surface area contributed by atoms with E-state index in [2.05, 4.69) is 31.2 Å². The van der Waals surface area contributed by atoms with E-state index in [9.17, 15) is 9.59 Å². The summed E-state index contributed by atoms with van der Waals surface area (Å²) in [5.41, 5.74) is 2.59. The average molecular weight is 600 g/mol. The average Bonchev–Trinajstić information content (AvgIpc) is 3.03. The van der Waals surface area contributed by atoms with Gasteiger partial charge in [-0.1, -0.05) is 24.3 Å². The highest BCUT2D eigenvalue weighted by Gasteiger charge is 2.22. The van der Waals surface area contributed by atoms with Crippen molar-refractivity contribution in [1.29, 1.82) is 0 Å². The molecule has 1 N–H and O–H groups in total. The van der Waals surface area contributed by atoms with Gasteiger partial charge in [0.1, 0.15) is 11.4 Å². The standard InChI is InChI=1S/C33H41N7O4/c1-24(2)40-30(41)14-12-27-23-35-32(37-31(27)40)36-25(3)26-11-13-28(34-22-26)8-7-20-43-21-19-38-15-17-39(18-16-38)33(42)44-29-9-5-4-6-10-29/h4-6,9-14,22-25H,7-8,15-21H2,1-3H3,(H,35,36,37)/t25-/m0/s1. The summed E-state index contributed by atoms with van der Waals surface area (Å²) < 4.78 is 13.0. The summed E-state index contributed by atoms with van der Waals surface area (Å²) in [4.78, 5) is 42.5. The molecule has 1 aliphatic heterocycles. The SMILES string of the molecule is CC(C)n1c(=O)ccc2cnc(N[C@@H](C)c3ccc(CCCOCCN4CCN(C(=O)Oc5ccccc5)CC4)nc3)nc21. The minimum atomic E-state index is -0.294. The molecule has 1 aliphatic rings. The van der Waals surface area contributed by atoms with Gasteiger partial charge in [0.2, 0.25) is 5.95 Å². The van der Waals surface area contributed by atoms with Crippen LogP contribution in [0.25, 0.3) is 11.0 Å². The maximum absolute atomic E-state index is 12.4. The summed E-state index contributed by atoms with van der Waals surface area (Å²) in [6.45, 7) is 11.1. The molecule has 1 saturated heterocycles. The number of fused-ring (bicyclic) bond motifs is 1. The van der Waals surface area contributed by atoms with Gasteiger partial charge >= 0.3 is 6.09 Å². The van der Waals surface area contributed by atoms with E-state index in [1.807, 2.05) is 51.2 Å². The van der Waals surface area contributed by atoms with Crippen LogP contribution >= 0.6 is 0 Å². The second kappa shape index (κ2) is 14.9. The molecule has 232 valence electrons. The first kappa shape index (κ1) is 31.1. The molecule has 0 aliphatic carbocycles. The van der Waals surface area contributed by atoms with Crippen LogP contribution in [0.5, 0.6) is 5.75 Å². The fourth-order valence-corrected chi connectivity index (χ4v) is 5.18. The number of rotatable bonds is 12. The molecule has 4 aromatic rings. The van der Waals surface area contributed by atoms with Gasteiger partial charge in [-0.25, -0.2) is 9.78 Å². The molecule has 0 bridgehead atoms. The van der Waals surface area contributed by atoms with Crippen LogP contribution in [0.2, 0.25) is 0 Å². The third-order valence-electron chi connectivity index (χ3n) is 7.73. The highest BCUT2D eigenvalue weighted by Crippen LogP contribution is 2.20. The number of piperazine rings is 1. The monoisotopic (exact) mass is 599 g/mol. The smallest absolute Gasteiger partial charge is 0.410 e. The Hall–Kier alpha value is -4.35. The molecule has 3 aromatic heterocycles. The predicted molar refractivity (Wildman–Crippen MR) is 170 cm³/mol. The molecule has 0 unspecified atom stereocenters. The molecule has 5 rings (SSSR count). The van der Waals surface area contributed by atoms with Crippen LogP contribution in [-0.2, 0) is 11.2 Å². The minimum Gasteiger partial charge on any atom is -0.410 e. The van der Waals surface area contributed by atoms with Crippen molar-refractivity contribution in [1.82, 2.24) is 29.3 Å². The summed E-state index contributed by atoms with van der Waals surface area (Å²) in [5.74, 6) is 1.04. The number of carbonyl (C=O) groups excluding carboxylic acids is 1. The Morgan fingerprint density at radius 2 is 1.73 bits per heavy atom. The third-order valence-corrected chi connectivity index (χ3v) is 7.73. The first-order valence-electron chi connectivity index (χ1n) is 15.3. The Kier molecular flexibility index (Phi) is 10.5. The number of hydrogen-bond acceptors (Lipinski definition) is 9. The van der Waals surface area contributed by atoms with Gasteiger partial charge in [0, 0.05) is 74.9 Å². The number of carbonyl (C=O) groups is 1. The normalized spacial score (nSPS) is 14.6. The van der Waals surface area contributed by atoms with Crippen molar-refractivity contribution < 1.29 is 14.3 Å². The van der Waals surface area contributed by atoms with Crippen LogP contribution in [0.3, 0.4) is 0 Å². The molecule has 11 nitrogen and oxygen atoms in total. The largest absolute Gasteiger partial charge is 0.415 e. The fraction of sp³-hybridized carbons (Fsp3) is 0.424. The maximum Gasteiger partial charge on any atom is 0.415 e. The fourth-order valence-electron chi connectivity index (χ4n) is 5.18. The van der Waals surface area contributed by atoms with Gasteiger partial charge in [0.25, 0.3) is 5.56 Å². The van der Waals surface area contributed by atoms with Crippen molar-refractivity contribution in [3.63, 3.8) is 0 Å². The Balaban J connectivity index is 0.990. The molecule has 1 amide bonds. The lowest BCUT2D eigenvalue weighted by Crippen LogP contribution is -2.50. The number of nitrogens with zero attached hydrogens (tertiary/aromatic N) is 6. The molecular weight excluding hydrogens is 558 g/mol. The van der Waals surface area contributed by atoms with Gasteiger partial charge in [-0.3, -0.25) is 19.2 Å². The Morgan fingerprint density at radius 3 is 2.45 bits per heavy atom. The van der Waals surface area contributed by atoms with Gasteiger partial charge in [-0.05, 0) is 63.4 Å². The van der Waals surface area contributed by atoms with E-state index in [0.717, 1.165) is 49.1 Å². The zero-order valence-electron chi connectivity index (χ0n) is 25.7. The van der Waals surface area contributed by atoms with E-state index in [1.165, 1.54) is 0 Å². The molecule has 44 heavy (non-hydrogen) atoms. The quantitative estimate of drug-likeness (QED) is 0.231. The van der Waals surface area contributed by atoms with Crippen molar-refractivity contribution in [3.8, 4) is 5.75 Å². The van der Waals surface area contributed by atoms with Crippen molar-refractivity contribution in [2.45, 2.75) is 45.7 Å². The minimum absolute atomic E-state index is 0.00539. The number of aryl methyl sites for hydroxylation is 1. The van der Waals surface area contributed by atoms with Gasteiger partial charge < -0.3 is 19.7 Å². The Morgan fingerprint density at radius 1 is 0.932 bits per heavy atom. The lowest BCUT2D eigenvalue weighted by Gasteiger charge is -2.33. The predicted octanol–water partition coefficient (Wildman–Crippen LogP) is 4.71. The van der Waals surface area contributed by atoms with E-state index >= 15 is 0 Å². The molecular formula is C33H41N7O4. The summed E-state index contributed by atoms with van der Waals surface area (Å²) >= 11 is 0. The molecule has 1 fully saturated rings. The lowest BCUT2D eigenvalue weighted by molar-refractivity contribution is 0.0736. The van der Waals surface area contributed by atoms with Gasteiger partial charge in [0.15, 0.2) is 0 Å². The third kappa shape index (κ3) is 8.18. The number of ether oxygens (including phenoxy) is 2. The summed E-state index contributed by atoms with van der Waals surface area (Å²) in [5, 5.41) is 4.17. The summed E-state index contributed by atoms with van der Waals surface area (Å²) in [6, 6.07) is 16.5. The van der Waals surface area contributed by atoms with Crippen LogP contribution in [0.15, 0.2) is 71.8 Å². The molecule has 11 heteroatoms. The number of amides is 1. The van der Waals surface area contributed by atoms with Crippen molar-refractivity contribution in [3.05, 3.63) is 88.6 Å². The Labute approximate surface area is 257 Å². The second-order valence-electron chi connectivity index (χ2n) is 11.3. The number of aromatic nitrogens is 4. The number of benzene rings is 1. The van der Waals surface area contributed by atoms with Crippen molar-refractivity contribution >= 4 is 23.1 Å². The van der Waals surface area contributed by atoms with Crippen molar-refractivity contribution in [2.75, 3.05) is 51.3 Å². The van der Waals surface area contributed by atoms with Gasteiger partial charge in [-0.15, -0.1) is 0 Å². The van der Waals surface area contributed by atoms with E-state index in [0.29, 0.717) is 43.6 Å². The first-order valence-corrected chi connectivity index (χ1v) is 15.3. The number of para-hydroxylation sites is 1. The lowest BCUT2D eigenvalue weighted by atomic mass is 10.1. The van der Waals surface area contributed by atoms with Gasteiger partial charge in [-0.2, -0.15) is 4.98 Å². The zero-order chi connectivity index (χ0) is 30.9. The second-order valence-corrected chi connectivity index (χ2v) is 11.3. The van der Waals surface area contributed by atoms with E-state index in [4.69, 9.17) is 9.47 Å². The van der Waals surface area contributed by atoms with E-state index < -0.39 is 0 Å². The molecule has 0 spiro atoms.